The van der Waals surface area contributed by atoms with Gasteiger partial charge in [-0.05, 0) is 64.9 Å². The van der Waals surface area contributed by atoms with Gasteiger partial charge in [-0.1, -0.05) is 13.8 Å². The Balaban J connectivity index is 2.15. The average molecular weight is 671 g/mol. The number of aryl methyl sites for hydroxylation is 1. The Labute approximate surface area is 286 Å². The van der Waals surface area contributed by atoms with Gasteiger partial charge in [0.15, 0.2) is 5.00 Å². The van der Waals surface area contributed by atoms with Crippen LogP contribution in [0.4, 0.5) is 16.4 Å². The van der Waals surface area contributed by atoms with Crippen molar-refractivity contribution in [2.24, 2.45) is 10.2 Å². The summed E-state index contributed by atoms with van der Waals surface area (Å²) < 4.78 is 24.8. The first-order valence-corrected chi connectivity index (χ1v) is 17.7. The monoisotopic (exact) mass is 670 g/mol. The van der Waals surface area contributed by atoms with Gasteiger partial charge in [-0.25, -0.2) is 0 Å². The highest BCUT2D eigenvalue weighted by atomic mass is 32.1. The molecule has 0 fully saturated rings. The molecule has 11 nitrogen and oxygen atoms in total. The standard InChI is InChI=1S/C35H56N7O4S/c1-9-40(10-2)14-18-45-22-23-46-20-16-41(15-19-44-21-17-42(11-3,12-4)13-5)32-24-28(6)31(25-33(32)43-8)38-39-35-30(26-36)29(7)34(27-37)47-35/h24-25H,9-23H2,1-8H3/q+1/b39-38+. The van der Waals surface area contributed by atoms with Gasteiger partial charge in [-0.3, -0.25) is 0 Å². The maximum Gasteiger partial charge on any atom is 0.158 e. The SMILES string of the molecule is CCN(CC)CCOCCOCCN(CCOCC[N+](CC)(CC)CC)c1cc(C)c(/N=N/c2sc(C#N)c(C)c2C#N)cc1OC. The number of anilines is 1. The Hall–Kier alpha value is -3.10. The Morgan fingerprint density at radius 2 is 1.38 bits per heavy atom. The van der Waals surface area contributed by atoms with Crippen molar-refractivity contribution in [1.82, 2.24) is 4.90 Å². The molecular formula is C35H56N7O4S+. The van der Waals surface area contributed by atoms with E-state index in [-0.39, 0.29) is 0 Å². The summed E-state index contributed by atoms with van der Waals surface area (Å²) in [5.41, 5.74) is 3.46. The van der Waals surface area contributed by atoms with Gasteiger partial charge < -0.3 is 33.2 Å². The van der Waals surface area contributed by atoms with Gasteiger partial charge in [0, 0.05) is 25.7 Å². The number of benzene rings is 1. The lowest BCUT2D eigenvalue weighted by atomic mass is 10.1. The van der Waals surface area contributed by atoms with Crippen LogP contribution < -0.4 is 9.64 Å². The van der Waals surface area contributed by atoms with E-state index in [0.717, 1.165) is 61.5 Å². The van der Waals surface area contributed by atoms with Crippen LogP contribution in [-0.2, 0) is 14.2 Å². The molecule has 47 heavy (non-hydrogen) atoms. The number of azo groups is 1. The molecule has 0 atom stereocenters. The number of quaternary nitrogens is 1. The molecule has 260 valence electrons. The third-order valence-corrected chi connectivity index (χ3v) is 10.1. The van der Waals surface area contributed by atoms with Crippen LogP contribution in [0.3, 0.4) is 0 Å². The molecular weight excluding hydrogens is 614 g/mol. The van der Waals surface area contributed by atoms with Crippen LogP contribution in [0, 0.1) is 36.5 Å². The van der Waals surface area contributed by atoms with Gasteiger partial charge in [0.05, 0.1) is 83.3 Å². The maximum atomic E-state index is 9.59. The predicted octanol–water partition coefficient (Wildman–Crippen LogP) is 6.61. The van der Waals surface area contributed by atoms with E-state index in [2.05, 4.69) is 66.8 Å². The van der Waals surface area contributed by atoms with Crippen LogP contribution in [0.2, 0.25) is 0 Å². The largest absolute Gasteiger partial charge is 0.495 e. The van der Waals surface area contributed by atoms with Crippen molar-refractivity contribution >= 4 is 27.7 Å². The highest BCUT2D eigenvalue weighted by Gasteiger charge is 2.21. The van der Waals surface area contributed by atoms with E-state index in [0.29, 0.717) is 85.2 Å². The summed E-state index contributed by atoms with van der Waals surface area (Å²) in [5, 5.41) is 28.2. The van der Waals surface area contributed by atoms with Crippen LogP contribution in [0.25, 0.3) is 0 Å². The summed E-state index contributed by atoms with van der Waals surface area (Å²) in [6, 6.07) is 8.19. The van der Waals surface area contributed by atoms with E-state index < -0.39 is 0 Å². The summed E-state index contributed by atoms with van der Waals surface area (Å²) in [6.07, 6.45) is 0. The number of likely N-dealkylation sites (N-methyl/N-ethyl adjacent to an activating group) is 2. The second-order valence-electron chi connectivity index (χ2n) is 11.3. The third-order valence-electron chi connectivity index (χ3n) is 8.98. The van der Waals surface area contributed by atoms with E-state index in [9.17, 15) is 10.5 Å². The summed E-state index contributed by atoms with van der Waals surface area (Å²) in [6.45, 7) is 27.0. The van der Waals surface area contributed by atoms with E-state index in [1.54, 1.807) is 14.0 Å². The van der Waals surface area contributed by atoms with Crippen molar-refractivity contribution in [3.8, 4) is 17.9 Å². The number of methoxy groups -OCH3 is 1. The normalized spacial score (nSPS) is 11.7. The topological polar surface area (TPSA) is 116 Å². The quantitative estimate of drug-likeness (QED) is 0.0697. The molecule has 1 aromatic heterocycles. The minimum Gasteiger partial charge on any atom is -0.495 e. The fourth-order valence-corrected chi connectivity index (χ4v) is 6.23. The number of ether oxygens (including phenoxy) is 4. The molecule has 0 bridgehead atoms. The number of nitriles is 2. The van der Waals surface area contributed by atoms with Crippen molar-refractivity contribution < 1.29 is 23.4 Å². The van der Waals surface area contributed by atoms with Crippen LogP contribution in [0.5, 0.6) is 5.75 Å². The van der Waals surface area contributed by atoms with E-state index in [1.165, 1.54) is 11.3 Å². The molecule has 0 spiro atoms. The number of thiophene rings is 1. The molecule has 0 aliphatic rings. The maximum absolute atomic E-state index is 9.59. The zero-order valence-corrected chi connectivity index (χ0v) is 30.7. The van der Waals surface area contributed by atoms with Gasteiger partial charge in [-0.15, -0.1) is 21.6 Å². The molecule has 1 aromatic carbocycles. The summed E-state index contributed by atoms with van der Waals surface area (Å²) in [4.78, 5) is 5.03. The minimum absolute atomic E-state index is 0.379. The lowest BCUT2D eigenvalue weighted by Gasteiger charge is -2.35. The van der Waals surface area contributed by atoms with Gasteiger partial charge >= 0.3 is 0 Å². The zero-order chi connectivity index (χ0) is 34.7. The van der Waals surface area contributed by atoms with Crippen LogP contribution >= 0.6 is 11.3 Å². The molecule has 12 heteroatoms. The molecule has 0 saturated carbocycles. The zero-order valence-electron chi connectivity index (χ0n) is 29.9. The number of nitrogens with zero attached hydrogens (tertiary/aromatic N) is 7. The van der Waals surface area contributed by atoms with Crippen LogP contribution in [0.1, 0.15) is 56.2 Å². The van der Waals surface area contributed by atoms with Crippen molar-refractivity contribution in [3.05, 3.63) is 33.7 Å². The van der Waals surface area contributed by atoms with E-state index in [4.69, 9.17) is 18.9 Å². The lowest BCUT2D eigenvalue weighted by molar-refractivity contribution is -0.923. The van der Waals surface area contributed by atoms with Crippen molar-refractivity contribution in [2.45, 2.75) is 48.5 Å². The molecule has 0 aliphatic heterocycles. The highest BCUT2D eigenvalue weighted by Crippen LogP contribution is 2.38. The highest BCUT2D eigenvalue weighted by molar-refractivity contribution is 7.16. The molecule has 0 aliphatic carbocycles. The first kappa shape index (κ1) is 40.1. The van der Waals surface area contributed by atoms with Crippen LogP contribution in [0.15, 0.2) is 22.4 Å². The second kappa shape index (κ2) is 21.7. The van der Waals surface area contributed by atoms with Crippen molar-refractivity contribution in [2.75, 3.05) is 111 Å². The molecule has 1 heterocycles. The molecule has 0 N–H and O–H groups in total. The molecule has 2 rings (SSSR count). The fraction of sp³-hybridized carbons (Fsp3) is 0.657. The van der Waals surface area contributed by atoms with E-state index >= 15 is 0 Å². The number of hydrogen-bond acceptors (Lipinski definition) is 11. The third kappa shape index (κ3) is 12.1. The van der Waals surface area contributed by atoms with Gasteiger partial charge in [0.1, 0.15) is 29.3 Å². The Morgan fingerprint density at radius 3 is 1.91 bits per heavy atom. The van der Waals surface area contributed by atoms with Gasteiger partial charge in [-0.2, -0.15) is 10.5 Å². The molecule has 0 radical (unpaired) electrons. The Morgan fingerprint density at radius 1 is 0.787 bits per heavy atom. The van der Waals surface area contributed by atoms with Gasteiger partial charge in [0.25, 0.3) is 0 Å². The van der Waals surface area contributed by atoms with Crippen molar-refractivity contribution in [3.63, 3.8) is 0 Å². The number of hydrogen-bond donors (Lipinski definition) is 0. The summed E-state index contributed by atoms with van der Waals surface area (Å²) in [5.74, 6) is 0.656. The number of rotatable bonds is 24. The smallest absolute Gasteiger partial charge is 0.158 e. The molecule has 0 saturated heterocycles. The van der Waals surface area contributed by atoms with Crippen molar-refractivity contribution in [1.29, 1.82) is 10.5 Å². The minimum atomic E-state index is 0.379. The lowest BCUT2D eigenvalue weighted by Crippen LogP contribution is -2.49. The Kier molecular flexibility index (Phi) is 18.5. The first-order chi connectivity index (χ1) is 22.8. The van der Waals surface area contributed by atoms with Gasteiger partial charge in [0.2, 0.25) is 0 Å². The summed E-state index contributed by atoms with van der Waals surface area (Å²) >= 11 is 1.17. The molecule has 2 aromatic rings. The molecule has 0 unspecified atom stereocenters. The summed E-state index contributed by atoms with van der Waals surface area (Å²) in [7, 11) is 1.64. The second-order valence-corrected chi connectivity index (χ2v) is 12.3. The average Bonchev–Trinajstić information content (AvgIpc) is 3.41. The predicted molar refractivity (Wildman–Crippen MR) is 190 cm³/mol. The Bertz CT molecular complexity index is 1320. The van der Waals surface area contributed by atoms with E-state index in [1.807, 2.05) is 19.1 Å². The van der Waals surface area contributed by atoms with Crippen LogP contribution in [-0.4, -0.2) is 115 Å². The molecule has 0 amide bonds. The first-order valence-electron chi connectivity index (χ1n) is 16.9. The fourth-order valence-electron chi connectivity index (χ4n) is 5.35.